The molecule has 0 saturated carbocycles. The molecule has 1 aromatic carbocycles. The molecule has 0 amide bonds. The van der Waals surface area contributed by atoms with Crippen LogP contribution in [0.2, 0.25) is 0 Å². The highest BCUT2D eigenvalue weighted by molar-refractivity contribution is 5.76. The number of aliphatic carboxylic acids is 1. The van der Waals surface area contributed by atoms with Gasteiger partial charge in [0.15, 0.2) is 0 Å². The molecule has 0 radical (unpaired) electrons. The summed E-state index contributed by atoms with van der Waals surface area (Å²) in [6.07, 6.45) is 0. The van der Waals surface area contributed by atoms with E-state index in [1.165, 1.54) is 7.11 Å². The number of benzene rings is 1. The fraction of sp³-hybridized carbons (Fsp3) is 0.364. The third-order valence-electron chi connectivity index (χ3n) is 2.18. The summed E-state index contributed by atoms with van der Waals surface area (Å²) in [5, 5.41) is 9.12. The van der Waals surface area contributed by atoms with Crippen LogP contribution in [0.15, 0.2) is 24.3 Å². The SMILES string of the molecule is COc1ccccc1C(C(=O)O)N(C)C. The molecular weight excluding hydrogens is 194 g/mol. The number of ether oxygens (including phenoxy) is 1. The van der Waals surface area contributed by atoms with Crippen molar-refractivity contribution in [2.24, 2.45) is 0 Å². The Balaban J connectivity index is 3.16. The van der Waals surface area contributed by atoms with Gasteiger partial charge in [0.2, 0.25) is 0 Å². The number of rotatable bonds is 4. The lowest BCUT2D eigenvalue weighted by atomic mass is 10.1. The van der Waals surface area contributed by atoms with Crippen LogP contribution in [-0.2, 0) is 4.79 Å². The largest absolute Gasteiger partial charge is 0.496 e. The van der Waals surface area contributed by atoms with E-state index in [1.807, 2.05) is 6.07 Å². The number of carbonyl (C=O) groups is 1. The summed E-state index contributed by atoms with van der Waals surface area (Å²) in [5.41, 5.74) is 0.664. The maximum absolute atomic E-state index is 11.1. The van der Waals surface area contributed by atoms with Crippen LogP contribution in [0.3, 0.4) is 0 Å². The smallest absolute Gasteiger partial charge is 0.325 e. The van der Waals surface area contributed by atoms with Gasteiger partial charge in [0, 0.05) is 5.56 Å². The summed E-state index contributed by atoms with van der Waals surface area (Å²) in [7, 11) is 4.99. The molecule has 0 spiro atoms. The Labute approximate surface area is 89.1 Å². The first-order valence-electron chi connectivity index (χ1n) is 4.60. The first-order valence-corrected chi connectivity index (χ1v) is 4.60. The van der Waals surface area contributed by atoms with Crippen molar-refractivity contribution in [2.45, 2.75) is 6.04 Å². The molecule has 0 saturated heterocycles. The van der Waals surface area contributed by atoms with Crippen molar-refractivity contribution in [3.63, 3.8) is 0 Å². The number of carboxylic acid groups (broad SMARTS) is 1. The maximum atomic E-state index is 11.1. The molecule has 4 nitrogen and oxygen atoms in total. The van der Waals surface area contributed by atoms with Gasteiger partial charge in [0.1, 0.15) is 11.8 Å². The summed E-state index contributed by atoms with van der Waals surface area (Å²) >= 11 is 0. The molecule has 0 aliphatic rings. The van der Waals surface area contributed by atoms with Gasteiger partial charge in [-0.05, 0) is 20.2 Å². The van der Waals surface area contributed by atoms with Crippen LogP contribution < -0.4 is 4.74 Å². The van der Waals surface area contributed by atoms with Crippen LogP contribution in [0.4, 0.5) is 0 Å². The number of hydrogen-bond donors (Lipinski definition) is 1. The minimum Gasteiger partial charge on any atom is -0.496 e. The summed E-state index contributed by atoms with van der Waals surface area (Å²) in [5.74, 6) is -0.289. The van der Waals surface area contributed by atoms with Gasteiger partial charge in [-0.25, -0.2) is 0 Å². The van der Waals surface area contributed by atoms with Crippen molar-refractivity contribution in [3.05, 3.63) is 29.8 Å². The molecular formula is C11H15NO3. The highest BCUT2D eigenvalue weighted by Gasteiger charge is 2.24. The van der Waals surface area contributed by atoms with Gasteiger partial charge in [-0.3, -0.25) is 9.69 Å². The van der Waals surface area contributed by atoms with Crippen molar-refractivity contribution in [2.75, 3.05) is 21.2 Å². The molecule has 1 N–H and O–H groups in total. The third-order valence-corrected chi connectivity index (χ3v) is 2.18. The quantitative estimate of drug-likeness (QED) is 0.814. The number of nitrogens with zero attached hydrogens (tertiary/aromatic N) is 1. The summed E-state index contributed by atoms with van der Waals surface area (Å²) in [6.45, 7) is 0. The van der Waals surface area contributed by atoms with Gasteiger partial charge in [0.25, 0.3) is 0 Å². The van der Waals surface area contributed by atoms with Gasteiger partial charge >= 0.3 is 5.97 Å². The summed E-state index contributed by atoms with van der Waals surface area (Å²) < 4.78 is 5.14. The van der Waals surface area contributed by atoms with Crippen LogP contribution >= 0.6 is 0 Å². The lowest BCUT2D eigenvalue weighted by Gasteiger charge is -2.22. The van der Waals surface area contributed by atoms with Crippen molar-refractivity contribution in [1.29, 1.82) is 0 Å². The van der Waals surface area contributed by atoms with E-state index in [1.54, 1.807) is 37.2 Å². The molecule has 0 aromatic heterocycles. The van der Waals surface area contributed by atoms with Crippen LogP contribution in [0.1, 0.15) is 11.6 Å². The monoisotopic (exact) mass is 209 g/mol. The molecule has 15 heavy (non-hydrogen) atoms. The molecule has 4 heteroatoms. The van der Waals surface area contributed by atoms with E-state index < -0.39 is 12.0 Å². The van der Waals surface area contributed by atoms with Gasteiger partial charge in [0.05, 0.1) is 7.11 Å². The molecule has 82 valence electrons. The summed E-state index contributed by atoms with van der Waals surface area (Å²) in [4.78, 5) is 12.8. The van der Waals surface area contributed by atoms with E-state index in [0.717, 1.165) is 0 Å². The molecule has 0 aliphatic heterocycles. The standard InChI is InChI=1S/C11H15NO3/c1-12(2)10(11(13)14)8-6-4-5-7-9(8)15-3/h4-7,10H,1-3H3,(H,13,14). The zero-order chi connectivity index (χ0) is 11.4. The van der Waals surface area contributed by atoms with Crippen LogP contribution in [0.5, 0.6) is 5.75 Å². The first kappa shape index (κ1) is 11.5. The number of hydrogen-bond acceptors (Lipinski definition) is 3. The Kier molecular flexibility index (Phi) is 3.68. The Morgan fingerprint density at radius 1 is 1.40 bits per heavy atom. The zero-order valence-corrected chi connectivity index (χ0v) is 9.10. The predicted octanol–water partition coefficient (Wildman–Crippen LogP) is 1.38. The van der Waals surface area contributed by atoms with E-state index in [4.69, 9.17) is 9.84 Å². The minimum atomic E-state index is -0.885. The number of carboxylic acids is 1. The number of para-hydroxylation sites is 1. The van der Waals surface area contributed by atoms with E-state index in [9.17, 15) is 4.79 Å². The normalized spacial score (nSPS) is 12.5. The first-order chi connectivity index (χ1) is 7.07. The molecule has 1 unspecified atom stereocenters. The third kappa shape index (κ3) is 2.47. The highest BCUT2D eigenvalue weighted by Crippen LogP contribution is 2.27. The second-order valence-electron chi connectivity index (χ2n) is 3.45. The molecule has 0 aliphatic carbocycles. The Bertz CT molecular complexity index is 349. The van der Waals surface area contributed by atoms with Crippen molar-refractivity contribution in [3.8, 4) is 5.75 Å². The van der Waals surface area contributed by atoms with Gasteiger partial charge in [-0.15, -0.1) is 0 Å². The second kappa shape index (κ2) is 4.79. The number of methoxy groups -OCH3 is 1. The molecule has 0 heterocycles. The second-order valence-corrected chi connectivity index (χ2v) is 3.45. The van der Waals surface area contributed by atoms with E-state index >= 15 is 0 Å². The average Bonchev–Trinajstić information content (AvgIpc) is 2.17. The van der Waals surface area contributed by atoms with Gasteiger partial charge in [-0.2, -0.15) is 0 Å². The molecule has 0 fully saturated rings. The van der Waals surface area contributed by atoms with E-state index in [-0.39, 0.29) is 0 Å². The number of likely N-dealkylation sites (N-methyl/N-ethyl adjacent to an activating group) is 1. The lowest BCUT2D eigenvalue weighted by Crippen LogP contribution is -2.27. The van der Waals surface area contributed by atoms with Crippen LogP contribution in [0, 0.1) is 0 Å². The van der Waals surface area contributed by atoms with Crippen molar-refractivity contribution in [1.82, 2.24) is 4.90 Å². The predicted molar refractivity (Wildman–Crippen MR) is 57.1 cm³/mol. The molecule has 1 rings (SSSR count). The highest BCUT2D eigenvalue weighted by atomic mass is 16.5. The van der Waals surface area contributed by atoms with E-state index in [0.29, 0.717) is 11.3 Å². The molecule has 0 bridgehead atoms. The lowest BCUT2D eigenvalue weighted by molar-refractivity contribution is -0.142. The topological polar surface area (TPSA) is 49.8 Å². The maximum Gasteiger partial charge on any atom is 0.325 e. The Morgan fingerprint density at radius 3 is 2.47 bits per heavy atom. The zero-order valence-electron chi connectivity index (χ0n) is 9.10. The fourth-order valence-electron chi connectivity index (χ4n) is 1.52. The van der Waals surface area contributed by atoms with Gasteiger partial charge < -0.3 is 9.84 Å². The minimum absolute atomic E-state index is 0.596. The van der Waals surface area contributed by atoms with Crippen LogP contribution in [0.25, 0.3) is 0 Å². The fourth-order valence-corrected chi connectivity index (χ4v) is 1.52. The molecule has 1 atom stereocenters. The van der Waals surface area contributed by atoms with Crippen molar-refractivity contribution >= 4 is 5.97 Å². The van der Waals surface area contributed by atoms with Crippen LogP contribution in [-0.4, -0.2) is 37.2 Å². The summed E-state index contributed by atoms with van der Waals surface area (Å²) in [6, 6.07) is 6.46. The average molecular weight is 209 g/mol. The van der Waals surface area contributed by atoms with Crippen molar-refractivity contribution < 1.29 is 14.6 Å². The van der Waals surface area contributed by atoms with E-state index in [2.05, 4.69) is 0 Å². The molecule has 1 aromatic rings. The van der Waals surface area contributed by atoms with Gasteiger partial charge in [-0.1, -0.05) is 18.2 Å². The Hall–Kier alpha value is -1.55. The Morgan fingerprint density at radius 2 is 2.00 bits per heavy atom.